The number of hydrogen-bond acceptors (Lipinski definition) is 15. The van der Waals surface area contributed by atoms with Crippen molar-refractivity contribution in [2.24, 2.45) is 16.7 Å². The van der Waals surface area contributed by atoms with Crippen molar-refractivity contribution in [1.29, 1.82) is 0 Å². The van der Waals surface area contributed by atoms with Gasteiger partial charge < -0.3 is 49.4 Å². The molecular formula is C48H55NO15. The van der Waals surface area contributed by atoms with Crippen LogP contribution in [0.4, 0.5) is 0 Å². The molecule has 11 atom stereocenters. The van der Waals surface area contributed by atoms with Crippen molar-refractivity contribution < 1.29 is 72.9 Å². The molecule has 3 aliphatic rings. The number of benzene rings is 3. The van der Waals surface area contributed by atoms with Gasteiger partial charge in [-0.3, -0.25) is 19.2 Å². The Morgan fingerprint density at radius 3 is 1.94 bits per heavy atom. The molecule has 5 N–H and O–H groups in total. The number of methoxy groups -OCH3 is 1. The van der Waals surface area contributed by atoms with E-state index < -0.39 is 113 Å². The molecular weight excluding hydrogens is 831 g/mol. The normalized spacial score (nSPS) is 30.6. The lowest BCUT2D eigenvalue weighted by atomic mass is 9.45. The fraction of sp³-hybridized carbons (Fsp3) is 0.458. The third-order valence-electron chi connectivity index (χ3n) is 13.6. The molecule has 3 aromatic rings. The Morgan fingerprint density at radius 1 is 0.812 bits per heavy atom. The molecule has 3 aliphatic carbocycles. The van der Waals surface area contributed by atoms with Gasteiger partial charge in [0, 0.05) is 44.8 Å². The fourth-order valence-electron chi connectivity index (χ4n) is 10.2. The quantitative estimate of drug-likeness (QED) is 0.104. The summed E-state index contributed by atoms with van der Waals surface area (Å²) >= 11 is 0. The number of rotatable bonds is 11. The van der Waals surface area contributed by atoms with E-state index in [0.29, 0.717) is 0 Å². The van der Waals surface area contributed by atoms with Crippen LogP contribution in [0.1, 0.15) is 93.6 Å². The summed E-state index contributed by atoms with van der Waals surface area (Å²) in [4.78, 5) is 83.8. The van der Waals surface area contributed by atoms with Crippen molar-refractivity contribution in [2.75, 3.05) is 7.11 Å². The highest BCUT2D eigenvalue weighted by atomic mass is 16.6. The van der Waals surface area contributed by atoms with Crippen LogP contribution in [0.2, 0.25) is 0 Å². The van der Waals surface area contributed by atoms with Gasteiger partial charge >= 0.3 is 23.9 Å². The summed E-state index contributed by atoms with van der Waals surface area (Å²) in [6.07, 6.45) is -11.1. The number of aliphatic hydroxyl groups is 3. The number of amides is 1. The summed E-state index contributed by atoms with van der Waals surface area (Å²) in [5, 5.41) is 50.4. The molecule has 2 bridgehead atoms. The first-order chi connectivity index (χ1) is 30.0. The highest BCUT2D eigenvalue weighted by Crippen LogP contribution is 2.63. The third kappa shape index (κ3) is 8.30. The van der Waals surface area contributed by atoms with Crippen LogP contribution < -0.4 is 5.32 Å². The van der Waals surface area contributed by atoms with Crippen LogP contribution in [0.15, 0.2) is 96.1 Å². The van der Waals surface area contributed by atoms with Crippen LogP contribution >= 0.6 is 0 Å². The number of phenols is 1. The average Bonchev–Trinajstić information content (AvgIpc) is 3.24. The molecule has 2 fully saturated rings. The van der Waals surface area contributed by atoms with Gasteiger partial charge in [-0.15, -0.1) is 0 Å². The van der Waals surface area contributed by atoms with Gasteiger partial charge in [-0.25, -0.2) is 9.59 Å². The maximum atomic E-state index is 15.6. The van der Waals surface area contributed by atoms with Gasteiger partial charge in [-0.1, -0.05) is 62.4 Å². The van der Waals surface area contributed by atoms with E-state index in [-0.39, 0.29) is 40.0 Å². The minimum Gasteiger partial charge on any atom is -0.508 e. The van der Waals surface area contributed by atoms with Crippen LogP contribution in [-0.4, -0.2) is 111 Å². The number of nitrogens with one attached hydrogen (secondary N) is 1. The molecule has 2 saturated carbocycles. The van der Waals surface area contributed by atoms with Gasteiger partial charge in [0.1, 0.15) is 29.2 Å². The summed E-state index contributed by atoms with van der Waals surface area (Å²) in [5.41, 5.74) is -7.72. The Morgan fingerprint density at radius 2 is 1.39 bits per heavy atom. The monoisotopic (exact) mass is 885 g/mol. The minimum atomic E-state index is -2.46. The predicted octanol–water partition coefficient (Wildman–Crippen LogP) is 4.08. The number of carbonyl (C=O) groups is 6. The summed E-state index contributed by atoms with van der Waals surface area (Å²) in [6.45, 7) is 9.56. The van der Waals surface area contributed by atoms with E-state index in [2.05, 4.69) is 5.32 Å². The summed E-state index contributed by atoms with van der Waals surface area (Å²) < 4.78 is 30.2. The predicted molar refractivity (Wildman–Crippen MR) is 226 cm³/mol. The van der Waals surface area contributed by atoms with E-state index in [4.69, 9.17) is 23.7 Å². The molecule has 342 valence electrons. The fourth-order valence-corrected chi connectivity index (χ4v) is 10.2. The molecule has 0 saturated heterocycles. The molecule has 16 heteroatoms. The summed E-state index contributed by atoms with van der Waals surface area (Å²) in [6, 6.07) is 19.7. The second-order valence-corrected chi connectivity index (χ2v) is 17.7. The largest absolute Gasteiger partial charge is 0.508 e. The second kappa shape index (κ2) is 17.9. The highest BCUT2D eigenvalue weighted by molar-refractivity contribution is 5.96. The zero-order chi connectivity index (χ0) is 47.1. The van der Waals surface area contributed by atoms with E-state index in [1.54, 1.807) is 36.4 Å². The van der Waals surface area contributed by atoms with E-state index in [9.17, 15) is 44.4 Å². The van der Waals surface area contributed by atoms with Crippen molar-refractivity contribution in [2.45, 2.75) is 115 Å². The number of esters is 4. The standard InChI is InChI=1S/C48H55NO15/c1-25-32(62-44(58)37(54)36(28-19-21-31(52)22-20-28)49-42(56)29-15-11-9-12-16-29)24-48(59)41(63-43(57)30-17-13-10-14-18-30)39-46(6,33(53)23-34(60-8)47(39,7)64-27(3)51)40(55)38(61-26(2)50)35(25)45(48,4)5/h9-22,32-34,36-39,41,52-54,59H,23-24H2,1-8H3,(H,49,56)/t32-,33-,34+,36-,37+,38+,39-,41-,46+,47-,48+/m0/s1. The molecule has 0 radical (unpaired) electrons. The molecule has 1 amide bonds. The average molecular weight is 886 g/mol. The molecule has 6 rings (SSSR count). The maximum Gasteiger partial charge on any atom is 0.338 e. The first-order valence-corrected chi connectivity index (χ1v) is 20.9. The van der Waals surface area contributed by atoms with Crippen LogP contribution in [0.5, 0.6) is 5.75 Å². The number of ketones is 1. The zero-order valence-electron chi connectivity index (χ0n) is 36.9. The van der Waals surface area contributed by atoms with Crippen LogP contribution in [0.25, 0.3) is 0 Å². The molecule has 0 aliphatic heterocycles. The van der Waals surface area contributed by atoms with Gasteiger partial charge in [0.2, 0.25) is 0 Å². The third-order valence-corrected chi connectivity index (χ3v) is 13.6. The smallest absolute Gasteiger partial charge is 0.338 e. The number of ether oxygens (including phenoxy) is 5. The van der Waals surface area contributed by atoms with Gasteiger partial charge in [-0.05, 0) is 73.9 Å². The molecule has 64 heavy (non-hydrogen) atoms. The Hall–Kier alpha value is -5.94. The minimum absolute atomic E-state index is 0.0392. The first kappa shape index (κ1) is 47.5. The highest BCUT2D eigenvalue weighted by Gasteiger charge is 2.75. The van der Waals surface area contributed by atoms with Crippen LogP contribution in [0, 0.1) is 16.7 Å². The number of aliphatic hydroxyl groups excluding tert-OH is 2. The number of aromatic hydroxyl groups is 1. The van der Waals surface area contributed by atoms with Crippen molar-refractivity contribution >= 4 is 35.6 Å². The molecule has 0 heterocycles. The maximum absolute atomic E-state index is 15.6. The number of carbonyl (C=O) groups excluding carboxylic acids is 6. The molecule has 3 aromatic carbocycles. The second-order valence-electron chi connectivity index (χ2n) is 17.7. The number of fused-ring (bicyclic) bond motifs is 3. The van der Waals surface area contributed by atoms with Gasteiger partial charge in [0.05, 0.1) is 35.1 Å². The molecule has 0 unspecified atom stereocenters. The van der Waals surface area contributed by atoms with E-state index in [1.165, 1.54) is 90.3 Å². The van der Waals surface area contributed by atoms with Crippen molar-refractivity contribution in [3.8, 4) is 5.75 Å². The first-order valence-electron chi connectivity index (χ1n) is 20.9. The SMILES string of the molecule is CO[C@@H]1C[C@H](O)[C@@]2(C)C(=O)[C@H](OC(C)=O)C3=C(C)[C@@H](OC(=O)[C@H](O)[C@@H](NC(=O)c4ccccc4)c4ccc(O)cc4)C[C@@](O)([C@@H](OC(=O)c4ccccc4)[C@@H]2[C@@]1(C)OC(C)=O)C3(C)C. The number of hydrogen-bond donors (Lipinski definition) is 5. The van der Waals surface area contributed by atoms with Gasteiger partial charge in [-0.2, -0.15) is 0 Å². The lowest BCUT2D eigenvalue weighted by molar-refractivity contribution is -0.282. The lowest BCUT2D eigenvalue weighted by Gasteiger charge is -2.64. The van der Waals surface area contributed by atoms with Crippen molar-refractivity contribution in [3.63, 3.8) is 0 Å². The summed E-state index contributed by atoms with van der Waals surface area (Å²) in [7, 11) is 1.30. The van der Waals surface area contributed by atoms with Gasteiger partial charge in [0.25, 0.3) is 5.91 Å². The van der Waals surface area contributed by atoms with Crippen LogP contribution in [0.3, 0.4) is 0 Å². The van der Waals surface area contributed by atoms with Crippen LogP contribution in [-0.2, 0) is 42.9 Å². The Kier molecular flexibility index (Phi) is 13.3. The zero-order valence-corrected chi connectivity index (χ0v) is 36.9. The Labute approximate surface area is 370 Å². The molecule has 0 aromatic heterocycles. The Balaban J connectivity index is 1.55. The van der Waals surface area contributed by atoms with Crippen molar-refractivity contribution in [3.05, 3.63) is 113 Å². The lowest BCUT2D eigenvalue weighted by Crippen LogP contribution is -2.77. The summed E-state index contributed by atoms with van der Waals surface area (Å²) in [5.74, 6) is -7.38. The van der Waals surface area contributed by atoms with Crippen molar-refractivity contribution in [1.82, 2.24) is 5.32 Å². The molecule has 0 spiro atoms. The van der Waals surface area contributed by atoms with E-state index in [1.807, 2.05) is 0 Å². The number of phenolic OH excluding ortho intramolecular Hbond substituents is 1. The van der Waals surface area contributed by atoms with Gasteiger partial charge in [0.15, 0.2) is 18.0 Å². The van der Waals surface area contributed by atoms with E-state index >= 15 is 4.79 Å². The van der Waals surface area contributed by atoms with E-state index in [0.717, 1.165) is 13.8 Å². The number of Topliss-reactive ketones (excluding diaryl/α,β-unsaturated/α-hetero) is 1. The molecule has 16 nitrogen and oxygen atoms in total. The Bertz CT molecular complexity index is 2310. The topological polar surface area (TPSA) is 242 Å².